The van der Waals surface area contributed by atoms with E-state index in [0.29, 0.717) is 17.6 Å². The minimum atomic E-state index is 0.219. The molecule has 6 bridgehead atoms. The fourth-order valence-electron chi connectivity index (χ4n) is 11.1. The van der Waals surface area contributed by atoms with Crippen LogP contribution in [0.1, 0.15) is 103 Å². The number of hydrogen-bond acceptors (Lipinski definition) is 1. The molecule has 2 heterocycles. The molecule has 2 unspecified atom stereocenters. The highest BCUT2D eigenvalue weighted by atomic mass is 16.1. The molecule has 4 aromatic carbocycles. The molecular formula is C40H35NO. The summed E-state index contributed by atoms with van der Waals surface area (Å²) in [5.41, 5.74) is 12.3. The number of aromatic nitrogens is 1. The molecule has 7 aliphatic carbocycles. The van der Waals surface area contributed by atoms with Gasteiger partial charge in [0.15, 0.2) is 5.78 Å². The van der Waals surface area contributed by atoms with Crippen LogP contribution < -0.4 is 0 Å². The van der Waals surface area contributed by atoms with E-state index in [1.54, 1.807) is 11.1 Å². The highest BCUT2D eigenvalue weighted by molar-refractivity contribution is 6.26. The van der Waals surface area contributed by atoms with Crippen molar-refractivity contribution < 1.29 is 4.79 Å². The summed E-state index contributed by atoms with van der Waals surface area (Å²) in [5.74, 6) is 4.38. The second-order valence-corrected chi connectivity index (χ2v) is 14.8. The van der Waals surface area contributed by atoms with Crippen LogP contribution in [0.3, 0.4) is 0 Å². The largest absolute Gasteiger partial charge is 0.308 e. The number of carbonyl (C=O) groups is 1. The molecule has 13 rings (SSSR count). The van der Waals surface area contributed by atoms with Crippen LogP contribution in [0.2, 0.25) is 0 Å². The number of rotatable bonds is 1. The summed E-state index contributed by atoms with van der Waals surface area (Å²) in [6, 6.07) is 25.7. The van der Waals surface area contributed by atoms with E-state index in [9.17, 15) is 4.79 Å². The molecule has 2 aromatic heterocycles. The average molecular weight is 546 g/mol. The lowest BCUT2D eigenvalue weighted by atomic mass is 9.67. The van der Waals surface area contributed by atoms with Crippen LogP contribution >= 0.6 is 0 Å². The normalized spacial score (nSPS) is 29.6. The van der Waals surface area contributed by atoms with Crippen LogP contribution in [0.5, 0.6) is 0 Å². The Morgan fingerprint density at radius 1 is 0.571 bits per heavy atom. The van der Waals surface area contributed by atoms with E-state index < -0.39 is 0 Å². The summed E-state index contributed by atoms with van der Waals surface area (Å²) in [5, 5.41) is 5.65. The SMILES string of the molecule is O=C1c2cc3c(cc2C2CCC1CC2)c1cc(-c2ccccc2)cc2c4c5c(ccc4n3c12)C1CC2CC(C1)CC5C2. The molecule has 0 N–H and O–H groups in total. The van der Waals surface area contributed by atoms with Gasteiger partial charge in [-0.1, -0.05) is 36.4 Å². The second-order valence-electron chi connectivity index (χ2n) is 14.8. The lowest BCUT2D eigenvalue weighted by Crippen LogP contribution is -2.25. The van der Waals surface area contributed by atoms with Crippen molar-refractivity contribution in [1.29, 1.82) is 0 Å². The summed E-state index contributed by atoms with van der Waals surface area (Å²) in [6.45, 7) is 0. The Labute approximate surface area is 246 Å². The lowest BCUT2D eigenvalue weighted by Gasteiger charge is -2.38. The van der Waals surface area contributed by atoms with E-state index in [2.05, 4.69) is 71.1 Å². The first-order chi connectivity index (χ1) is 20.7. The second kappa shape index (κ2) is 7.84. The number of carbonyl (C=O) groups excluding carboxylic acids is 1. The van der Waals surface area contributed by atoms with Crippen LogP contribution in [-0.2, 0) is 0 Å². The van der Waals surface area contributed by atoms with Crippen LogP contribution in [0.25, 0.3) is 49.2 Å². The summed E-state index contributed by atoms with van der Waals surface area (Å²) >= 11 is 0. The van der Waals surface area contributed by atoms with Gasteiger partial charge in [-0.3, -0.25) is 4.79 Å². The van der Waals surface area contributed by atoms with E-state index in [-0.39, 0.29) is 5.92 Å². The Hall–Kier alpha value is -3.65. The van der Waals surface area contributed by atoms with Crippen molar-refractivity contribution in [3.63, 3.8) is 0 Å². The van der Waals surface area contributed by atoms with Gasteiger partial charge in [-0.2, -0.15) is 0 Å². The number of benzene rings is 4. The Morgan fingerprint density at radius 3 is 2.12 bits per heavy atom. The molecule has 3 saturated carbocycles. The van der Waals surface area contributed by atoms with E-state index in [0.717, 1.165) is 49.0 Å². The monoisotopic (exact) mass is 545 g/mol. The first-order valence-corrected chi connectivity index (χ1v) is 16.6. The molecule has 0 spiro atoms. The third kappa shape index (κ3) is 2.80. The fraction of sp³-hybridized carbons (Fsp3) is 0.375. The van der Waals surface area contributed by atoms with Crippen molar-refractivity contribution in [1.82, 2.24) is 4.40 Å². The molecule has 3 fully saturated rings. The third-order valence-corrected chi connectivity index (χ3v) is 12.7. The highest BCUT2D eigenvalue weighted by Gasteiger charge is 2.43. The summed E-state index contributed by atoms with van der Waals surface area (Å²) < 4.78 is 2.57. The average Bonchev–Trinajstić information content (AvgIpc) is 3.37. The Kier molecular flexibility index (Phi) is 4.27. The molecule has 0 amide bonds. The molecule has 42 heavy (non-hydrogen) atoms. The predicted octanol–water partition coefficient (Wildman–Crippen LogP) is 10.4. The van der Waals surface area contributed by atoms with Crippen molar-refractivity contribution in [3.8, 4) is 11.1 Å². The molecule has 0 radical (unpaired) electrons. The van der Waals surface area contributed by atoms with E-state index >= 15 is 0 Å². The van der Waals surface area contributed by atoms with Gasteiger partial charge in [0, 0.05) is 33.0 Å². The molecule has 2 atom stereocenters. The fourth-order valence-corrected chi connectivity index (χ4v) is 11.1. The first-order valence-electron chi connectivity index (χ1n) is 16.6. The van der Waals surface area contributed by atoms with Crippen molar-refractivity contribution in [2.24, 2.45) is 17.8 Å². The number of Topliss-reactive ketones (excluding diaryl/α,β-unsaturated/α-hetero) is 1. The third-order valence-electron chi connectivity index (χ3n) is 12.7. The summed E-state index contributed by atoms with van der Waals surface area (Å²) in [4.78, 5) is 13.8. The van der Waals surface area contributed by atoms with Crippen molar-refractivity contribution >= 4 is 43.9 Å². The number of ketones is 1. The van der Waals surface area contributed by atoms with Crippen LogP contribution in [-0.4, -0.2) is 10.2 Å². The molecule has 206 valence electrons. The molecule has 0 saturated heterocycles. The number of nitrogens with zero attached hydrogens (tertiary/aromatic N) is 1. The molecule has 7 aliphatic rings. The van der Waals surface area contributed by atoms with Crippen LogP contribution in [0.4, 0.5) is 0 Å². The topological polar surface area (TPSA) is 21.5 Å². The Morgan fingerprint density at radius 2 is 1.31 bits per heavy atom. The Bertz CT molecular complexity index is 2110. The summed E-state index contributed by atoms with van der Waals surface area (Å²) in [7, 11) is 0. The molecule has 0 aliphatic heterocycles. The van der Waals surface area contributed by atoms with Gasteiger partial charge in [0.1, 0.15) is 0 Å². The predicted molar refractivity (Wildman–Crippen MR) is 171 cm³/mol. The van der Waals surface area contributed by atoms with Crippen molar-refractivity contribution in [2.45, 2.75) is 75.5 Å². The van der Waals surface area contributed by atoms with Crippen molar-refractivity contribution in [2.75, 3.05) is 0 Å². The highest BCUT2D eigenvalue weighted by Crippen LogP contribution is 2.59. The maximum absolute atomic E-state index is 13.8. The number of fused-ring (bicyclic) bond motifs is 8. The summed E-state index contributed by atoms with van der Waals surface area (Å²) in [6.07, 6.45) is 11.4. The zero-order valence-corrected chi connectivity index (χ0v) is 24.0. The zero-order valence-electron chi connectivity index (χ0n) is 24.0. The van der Waals surface area contributed by atoms with Gasteiger partial charge in [-0.25, -0.2) is 0 Å². The van der Waals surface area contributed by atoms with Gasteiger partial charge < -0.3 is 4.40 Å². The molecule has 6 aromatic rings. The van der Waals surface area contributed by atoms with Gasteiger partial charge in [-0.05, 0) is 146 Å². The van der Waals surface area contributed by atoms with Gasteiger partial charge >= 0.3 is 0 Å². The van der Waals surface area contributed by atoms with Gasteiger partial charge in [0.25, 0.3) is 0 Å². The minimum Gasteiger partial charge on any atom is -0.308 e. The molecular weight excluding hydrogens is 510 g/mol. The van der Waals surface area contributed by atoms with Crippen LogP contribution in [0.15, 0.2) is 66.7 Å². The number of hydrogen-bond donors (Lipinski definition) is 0. The van der Waals surface area contributed by atoms with E-state index in [1.807, 2.05) is 0 Å². The maximum atomic E-state index is 13.8. The zero-order chi connectivity index (χ0) is 27.3. The Balaban J connectivity index is 1.31. The van der Waals surface area contributed by atoms with Gasteiger partial charge in [0.05, 0.1) is 16.6 Å². The van der Waals surface area contributed by atoms with E-state index in [4.69, 9.17) is 0 Å². The molecule has 2 nitrogen and oxygen atoms in total. The van der Waals surface area contributed by atoms with Gasteiger partial charge in [0.2, 0.25) is 0 Å². The smallest absolute Gasteiger partial charge is 0.166 e. The minimum absolute atomic E-state index is 0.219. The standard InChI is InChI=1S/C40H35NO/c42-40-25-8-6-24(7-9-25)30-19-31-32-17-26(23-4-2-1-3-5-23)18-34-38-35(41(39(32)34)36(31)20-33(30)40)11-10-29-27-13-21-12-22(14-27)16-28(15-21)37(29)38/h1-5,10-11,17-22,24-25,27-28H,6-9,12-16H2. The lowest BCUT2D eigenvalue weighted by molar-refractivity contribution is 0.0898. The van der Waals surface area contributed by atoms with Crippen molar-refractivity contribution in [3.05, 3.63) is 89.0 Å². The quantitative estimate of drug-likeness (QED) is 0.201. The molecule has 2 heteroatoms. The van der Waals surface area contributed by atoms with Gasteiger partial charge in [-0.15, -0.1) is 0 Å². The first kappa shape index (κ1) is 22.9. The maximum Gasteiger partial charge on any atom is 0.166 e. The van der Waals surface area contributed by atoms with Crippen LogP contribution in [0, 0.1) is 17.8 Å². The van der Waals surface area contributed by atoms with E-state index in [1.165, 1.54) is 86.9 Å².